The highest BCUT2D eigenvalue weighted by Gasteiger charge is 2.10. The summed E-state index contributed by atoms with van der Waals surface area (Å²) in [6, 6.07) is 5.28. The molecule has 7 nitrogen and oxygen atoms in total. The van der Waals surface area contributed by atoms with E-state index in [0.29, 0.717) is 24.5 Å². The highest BCUT2D eigenvalue weighted by atomic mass is 79.9. The molecule has 27 heavy (non-hydrogen) atoms. The summed E-state index contributed by atoms with van der Waals surface area (Å²) in [5.41, 5.74) is 1.08. The molecule has 0 aliphatic rings. The third kappa shape index (κ3) is 7.81. The van der Waals surface area contributed by atoms with Crippen LogP contribution in [0.25, 0.3) is 0 Å². The zero-order valence-corrected chi connectivity index (χ0v) is 19.4. The largest absolute Gasteiger partial charge is 0.351 e. The van der Waals surface area contributed by atoms with Crippen LogP contribution in [0.4, 0.5) is 0 Å². The quantitative estimate of drug-likeness (QED) is 0.268. The summed E-state index contributed by atoms with van der Waals surface area (Å²) in [5, 5.41) is 9.09. The van der Waals surface area contributed by atoms with Gasteiger partial charge in [0.05, 0.1) is 13.7 Å². The van der Waals surface area contributed by atoms with Gasteiger partial charge in [-0.3, -0.25) is 9.59 Å². The summed E-state index contributed by atoms with van der Waals surface area (Å²) in [5.74, 6) is -0.211. The van der Waals surface area contributed by atoms with Gasteiger partial charge in [-0.25, -0.2) is 0 Å². The summed E-state index contributed by atoms with van der Waals surface area (Å²) in [6.07, 6.45) is 2.74. The molecule has 2 aromatic heterocycles. The second kappa shape index (κ2) is 11.7. The van der Waals surface area contributed by atoms with Gasteiger partial charge in [0, 0.05) is 13.1 Å². The number of carbonyl (C=O) groups excluding carboxylic acids is 2. The molecule has 5 N–H and O–H groups in total. The lowest BCUT2D eigenvalue weighted by Crippen LogP contribution is -2.28. The number of carbonyl (C=O) groups is 2. The fraction of sp³-hybridized carbons (Fsp3) is 0.412. The Morgan fingerprint density at radius 1 is 0.815 bits per heavy atom. The number of hydrogen-bond acceptors (Lipinski definition) is 3. The van der Waals surface area contributed by atoms with Gasteiger partial charge in [0.1, 0.15) is 11.4 Å². The molecule has 148 valence electrons. The van der Waals surface area contributed by atoms with Gasteiger partial charge in [0.15, 0.2) is 0 Å². The standard InChI is InChI=1S/C17H22Br3N5O2/c18-11-10-13(25-15(11)20)17(27)22-8-2-1-6-21-7-3-9-23-16(26)12-4-5-14(19)24-12/h4-5,10,21,24-25H,1-3,6-9H2,(H,22,27)(H,23,26). The Bertz CT molecular complexity index is 740. The molecule has 0 saturated carbocycles. The van der Waals surface area contributed by atoms with Gasteiger partial charge in [-0.2, -0.15) is 0 Å². The SMILES string of the molecule is O=C(NCCCNCCCCNC(=O)c1cc(Br)c(Br)[nH]1)c1ccc(Br)[nH]1. The average molecular weight is 568 g/mol. The van der Waals surface area contributed by atoms with Crippen molar-refractivity contribution in [3.8, 4) is 0 Å². The van der Waals surface area contributed by atoms with Crippen molar-refractivity contribution >= 4 is 59.6 Å². The molecule has 0 aliphatic heterocycles. The number of aromatic nitrogens is 2. The van der Waals surface area contributed by atoms with Crippen molar-refractivity contribution in [2.24, 2.45) is 0 Å². The first-order valence-electron chi connectivity index (χ1n) is 8.63. The number of aromatic amines is 2. The molecule has 0 fully saturated rings. The fourth-order valence-electron chi connectivity index (χ4n) is 2.34. The van der Waals surface area contributed by atoms with Gasteiger partial charge in [0.25, 0.3) is 11.8 Å². The second-order valence-corrected chi connectivity index (χ2v) is 8.39. The summed E-state index contributed by atoms with van der Waals surface area (Å²) >= 11 is 9.93. The molecule has 2 aromatic rings. The third-order valence-corrected chi connectivity index (χ3v) is 5.99. The van der Waals surface area contributed by atoms with Crippen molar-refractivity contribution in [3.05, 3.63) is 43.3 Å². The van der Waals surface area contributed by atoms with Crippen LogP contribution in [0.5, 0.6) is 0 Å². The van der Waals surface area contributed by atoms with Crippen molar-refractivity contribution in [2.75, 3.05) is 26.2 Å². The van der Waals surface area contributed by atoms with Crippen molar-refractivity contribution in [1.29, 1.82) is 0 Å². The van der Waals surface area contributed by atoms with E-state index in [1.54, 1.807) is 18.2 Å². The molecule has 0 aromatic carbocycles. The lowest BCUT2D eigenvalue weighted by Gasteiger charge is -2.07. The molecule has 0 radical (unpaired) electrons. The van der Waals surface area contributed by atoms with Crippen LogP contribution in [-0.2, 0) is 0 Å². The van der Waals surface area contributed by atoms with Crippen molar-refractivity contribution < 1.29 is 9.59 Å². The summed E-state index contributed by atoms with van der Waals surface area (Å²) < 4.78 is 2.38. The molecule has 2 amide bonds. The summed E-state index contributed by atoms with van der Waals surface area (Å²) in [6.45, 7) is 2.98. The lowest BCUT2D eigenvalue weighted by molar-refractivity contribution is 0.0940. The van der Waals surface area contributed by atoms with Gasteiger partial charge in [-0.1, -0.05) is 0 Å². The van der Waals surface area contributed by atoms with Crippen LogP contribution in [0.1, 0.15) is 40.2 Å². The number of nitrogens with one attached hydrogen (secondary N) is 5. The first-order chi connectivity index (χ1) is 13.0. The fourth-order valence-corrected chi connectivity index (χ4v) is 3.34. The average Bonchev–Trinajstić information content (AvgIpc) is 3.22. The minimum atomic E-state index is -0.112. The molecule has 0 unspecified atom stereocenters. The van der Waals surface area contributed by atoms with E-state index in [1.807, 2.05) is 0 Å². The van der Waals surface area contributed by atoms with E-state index < -0.39 is 0 Å². The van der Waals surface area contributed by atoms with Crippen LogP contribution in [-0.4, -0.2) is 48.0 Å². The Kier molecular flexibility index (Phi) is 9.60. The molecule has 2 heterocycles. The zero-order chi connectivity index (χ0) is 19.6. The van der Waals surface area contributed by atoms with Crippen molar-refractivity contribution in [3.63, 3.8) is 0 Å². The van der Waals surface area contributed by atoms with E-state index in [9.17, 15) is 9.59 Å². The van der Waals surface area contributed by atoms with Crippen LogP contribution < -0.4 is 16.0 Å². The molecule has 0 bridgehead atoms. The zero-order valence-electron chi connectivity index (χ0n) is 14.6. The maximum Gasteiger partial charge on any atom is 0.267 e. The minimum Gasteiger partial charge on any atom is -0.351 e. The van der Waals surface area contributed by atoms with Gasteiger partial charge in [-0.15, -0.1) is 0 Å². The highest BCUT2D eigenvalue weighted by molar-refractivity contribution is 9.13. The Hall–Kier alpha value is -1.10. The Balaban J connectivity index is 1.43. The van der Waals surface area contributed by atoms with Crippen LogP contribution >= 0.6 is 47.8 Å². The number of unbranched alkanes of at least 4 members (excludes halogenated alkanes) is 1. The van der Waals surface area contributed by atoms with Crippen LogP contribution in [0.15, 0.2) is 31.9 Å². The number of rotatable bonds is 11. The van der Waals surface area contributed by atoms with Gasteiger partial charge in [-0.05, 0) is 98.3 Å². The number of H-pyrrole nitrogens is 2. The van der Waals surface area contributed by atoms with Crippen molar-refractivity contribution in [2.45, 2.75) is 19.3 Å². The van der Waals surface area contributed by atoms with E-state index in [1.165, 1.54) is 0 Å². The minimum absolute atomic E-state index is 0.0995. The van der Waals surface area contributed by atoms with Gasteiger partial charge < -0.3 is 25.9 Å². The lowest BCUT2D eigenvalue weighted by atomic mass is 10.3. The Morgan fingerprint density at radius 3 is 2.07 bits per heavy atom. The predicted molar refractivity (Wildman–Crippen MR) is 116 cm³/mol. The monoisotopic (exact) mass is 565 g/mol. The maximum atomic E-state index is 11.9. The molecule has 10 heteroatoms. The van der Waals surface area contributed by atoms with Gasteiger partial charge >= 0.3 is 0 Å². The van der Waals surface area contributed by atoms with E-state index in [4.69, 9.17) is 0 Å². The van der Waals surface area contributed by atoms with E-state index in [2.05, 4.69) is 73.7 Å². The molecular formula is C17H22Br3N5O2. The topological polar surface area (TPSA) is 102 Å². The predicted octanol–water partition coefficient (Wildman–Crippen LogP) is 3.55. The number of hydrogen-bond donors (Lipinski definition) is 5. The molecule has 0 aliphatic carbocycles. The smallest absolute Gasteiger partial charge is 0.267 e. The summed E-state index contributed by atoms with van der Waals surface area (Å²) in [7, 11) is 0. The molecule has 2 rings (SSSR count). The Morgan fingerprint density at radius 2 is 1.44 bits per heavy atom. The summed E-state index contributed by atoms with van der Waals surface area (Å²) in [4.78, 5) is 29.6. The third-order valence-electron chi connectivity index (χ3n) is 3.75. The van der Waals surface area contributed by atoms with Crippen LogP contribution in [0.2, 0.25) is 0 Å². The van der Waals surface area contributed by atoms with Crippen LogP contribution in [0.3, 0.4) is 0 Å². The molecule has 0 atom stereocenters. The van der Waals surface area contributed by atoms with Gasteiger partial charge in [0.2, 0.25) is 0 Å². The maximum absolute atomic E-state index is 11.9. The van der Waals surface area contributed by atoms with E-state index in [0.717, 1.165) is 46.0 Å². The first kappa shape index (κ1) is 22.2. The van der Waals surface area contributed by atoms with E-state index >= 15 is 0 Å². The van der Waals surface area contributed by atoms with Crippen LogP contribution in [0, 0.1) is 0 Å². The first-order valence-corrected chi connectivity index (χ1v) is 11.0. The molecular weight excluding hydrogens is 546 g/mol. The number of amides is 2. The Labute approximate surface area is 183 Å². The molecule has 0 spiro atoms. The van der Waals surface area contributed by atoms with E-state index in [-0.39, 0.29) is 11.8 Å². The number of halogens is 3. The molecule has 0 saturated heterocycles. The second-order valence-electron chi connectivity index (χ2n) is 5.89. The van der Waals surface area contributed by atoms with Crippen molar-refractivity contribution in [1.82, 2.24) is 25.9 Å². The normalized spacial score (nSPS) is 10.8. The highest BCUT2D eigenvalue weighted by Crippen LogP contribution is 2.22.